The number of aliphatic carboxylic acids is 1. The van der Waals surface area contributed by atoms with E-state index in [0.29, 0.717) is 6.42 Å². The van der Waals surface area contributed by atoms with Gasteiger partial charge in [-0.05, 0) is 66.1 Å². The average Bonchev–Trinajstić information content (AvgIpc) is 2.74. The molecule has 3 N–H and O–H groups in total. The first kappa shape index (κ1) is 32.8. The normalized spacial score (nSPS) is 11.9. The summed E-state index contributed by atoms with van der Waals surface area (Å²) in [5.74, 6) is -0.962. The van der Waals surface area contributed by atoms with Crippen LogP contribution in [0, 0.1) is 0 Å². The van der Waals surface area contributed by atoms with E-state index in [1.807, 2.05) is 0 Å². The average molecular weight is 457 g/mol. The van der Waals surface area contributed by atoms with Crippen LogP contribution in [0.4, 0.5) is 0 Å². The molecule has 0 aromatic rings. The summed E-state index contributed by atoms with van der Waals surface area (Å²) in [7, 11) is 4.13. The van der Waals surface area contributed by atoms with Crippen LogP contribution in [-0.4, -0.2) is 60.3 Å². The van der Waals surface area contributed by atoms with Crippen molar-refractivity contribution in [3.8, 4) is 0 Å². The molecule has 0 saturated carbocycles. The number of unbranched alkanes of at least 4 members (excludes halogenated alkanes) is 11. The second-order valence-corrected chi connectivity index (χ2v) is 8.86. The van der Waals surface area contributed by atoms with Gasteiger partial charge >= 0.3 is 5.97 Å². The third kappa shape index (κ3) is 30.8. The summed E-state index contributed by atoms with van der Waals surface area (Å²) >= 11 is 0. The lowest BCUT2D eigenvalue weighted by Crippen LogP contribution is -2.26. The summed E-state index contributed by atoms with van der Waals surface area (Å²) in [5.41, 5.74) is 0. The van der Waals surface area contributed by atoms with Gasteiger partial charge in [0.15, 0.2) is 0 Å². The van der Waals surface area contributed by atoms with Crippen molar-refractivity contribution in [1.82, 2.24) is 10.2 Å². The summed E-state index contributed by atoms with van der Waals surface area (Å²) in [6.45, 7) is 5.31. The number of amides is 1. The molecule has 0 aliphatic heterocycles. The van der Waals surface area contributed by atoms with E-state index in [0.717, 1.165) is 25.9 Å². The maximum atomic E-state index is 11.7. The molecule has 0 heterocycles. The molecule has 32 heavy (non-hydrogen) atoms. The Morgan fingerprint density at radius 1 is 0.844 bits per heavy atom. The number of hydrogen-bond donors (Lipinski definition) is 3. The van der Waals surface area contributed by atoms with Crippen LogP contribution in [0.25, 0.3) is 0 Å². The van der Waals surface area contributed by atoms with Crippen molar-refractivity contribution in [2.75, 3.05) is 27.2 Å². The van der Waals surface area contributed by atoms with Gasteiger partial charge in [0.05, 0.1) is 0 Å². The Hall–Kier alpha value is -1.40. The number of allylic oxidation sites excluding steroid dienone is 2. The highest BCUT2D eigenvalue weighted by Gasteiger charge is 2.02. The van der Waals surface area contributed by atoms with E-state index in [4.69, 9.17) is 10.2 Å². The Labute approximate surface area is 197 Å². The largest absolute Gasteiger partial charge is 0.479 e. The van der Waals surface area contributed by atoms with Crippen LogP contribution < -0.4 is 5.32 Å². The van der Waals surface area contributed by atoms with Crippen molar-refractivity contribution in [2.24, 2.45) is 0 Å². The summed E-state index contributed by atoms with van der Waals surface area (Å²) in [5, 5.41) is 18.8. The summed E-state index contributed by atoms with van der Waals surface area (Å²) in [6, 6.07) is 0. The van der Waals surface area contributed by atoms with E-state index in [-0.39, 0.29) is 5.91 Å². The van der Waals surface area contributed by atoms with Gasteiger partial charge in [0, 0.05) is 13.0 Å². The topological polar surface area (TPSA) is 89.9 Å². The molecule has 1 unspecified atom stereocenters. The molecule has 0 aromatic carbocycles. The van der Waals surface area contributed by atoms with Crippen molar-refractivity contribution >= 4 is 11.9 Å². The maximum Gasteiger partial charge on any atom is 0.332 e. The first-order valence-corrected chi connectivity index (χ1v) is 12.8. The van der Waals surface area contributed by atoms with Gasteiger partial charge in [0.2, 0.25) is 5.91 Å². The molecule has 1 amide bonds. The fourth-order valence-electron chi connectivity index (χ4n) is 3.07. The maximum absolute atomic E-state index is 11.7. The van der Waals surface area contributed by atoms with Crippen LogP contribution in [0.5, 0.6) is 0 Å². The summed E-state index contributed by atoms with van der Waals surface area (Å²) in [6.07, 6.45) is 22.1. The zero-order valence-electron chi connectivity index (χ0n) is 21.4. The number of hydrogen-bond acceptors (Lipinski definition) is 4. The lowest BCUT2D eigenvalue weighted by molar-refractivity contribution is -0.145. The number of carbonyl (C=O) groups excluding carboxylic acids is 1. The second kappa shape index (κ2) is 25.9. The van der Waals surface area contributed by atoms with Crippen molar-refractivity contribution in [1.29, 1.82) is 0 Å². The van der Waals surface area contributed by atoms with E-state index in [2.05, 4.69) is 43.4 Å². The standard InChI is InChI=1S/C23H46N2O.C3H6O3/c1-4-5-6-7-8-9-10-11-12-13-14-15-16-17-18-20-23(26)24-21-19-22-25(2)3;1-2(4)3(5)6/h11-12H,4-10,13-22H2,1-3H3,(H,24,26);2,4H,1H3,(H,5,6)/b12-11-;. The number of carboxylic acids is 1. The van der Waals surface area contributed by atoms with E-state index < -0.39 is 12.1 Å². The van der Waals surface area contributed by atoms with E-state index >= 15 is 0 Å². The minimum atomic E-state index is -1.23. The Kier molecular flexibility index (Phi) is 26.5. The highest BCUT2D eigenvalue weighted by Crippen LogP contribution is 2.09. The fraction of sp³-hybridized carbons (Fsp3) is 0.846. The zero-order valence-corrected chi connectivity index (χ0v) is 21.4. The molecule has 1 atom stereocenters. The Balaban J connectivity index is 0. The minimum absolute atomic E-state index is 0.224. The number of aliphatic hydroxyl groups excluding tert-OH is 1. The van der Waals surface area contributed by atoms with Crippen LogP contribution in [0.15, 0.2) is 12.2 Å². The molecule has 0 aromatic heterocycles. The minimum Gasteiger partial charge on any atom is -0.479 e. The predicted molar refractivity (Wildman–Crippen MR) is 135 cm³/mol. The van der Waals surface area contributed by atoms with Crippen LogP contribution in [0.3, 0.4) is 0 Å². The fourth-order valence-corrected chi connectivity index (χ4v) is 3.07. The van der Waals surface area contributed by atoms with Crippen LogP contribution in [-0.2, 0) is 9.59 Å². The smallest absolute Gasteiger partial charge is 0.332 e. The lowest BCUT2D eigenvalue weighted by Gasteiger charge is -2.09. The van der Waals surface area contributed by atoms with Gasteiger partial charge in [-0.25, -0.2) is 4.79 Å². The van der Waals surface area contributed by atoms with Gasteiger partial charge in [-0.2, -0.15) is 0 Å². The quantitative estimate of drug-likeness (QED) is 0.165. The Bertz CT molecular complexity index is 451. The molecule has 0 radical (unpaired) electrons. The predicted octanol–water partition coefficient (Wildman–Crippen LogP) is 5.54. The number of nitrogens with zero attached hydrogens (tertiary/aromatic N) is 1. The first-order chi connectivity index (χ1) is 15.3. The van der Waals surface area contributed by atoms with Gasteiger partial charge in [-0.1, -0.05) is 70.4 Å². The molecule has 0 rings (SSSR count). The Morgan fingerprint density at radius 2 is 1.31 bits per heavy atom. The van der Waals surface area contributed by atoms with Gasteiger partial charge in [0.25, 0.3) is 0 Å². The number of carbonyl (C=O) groups is 2. The second-order valence-electron chi connectivity index (χ2n) is 8.86. The molecule has 0 aliphatic rings. The number of aliphatic hydroxyl groups is 1. The van der Waals surface area contributed by atoms with Crippen molar-refractivity contribution in [3.63, 3.8) is 0 Å². The van der Waals surface area contributed by atoms with E-state index in [9.17, 15) is 9.59 Å². The third-order valence-corrected chi connectivity index (χ3v) is 5.13. The molecule has 0 fully saturated rings. The summed E-state index contributed by atoms with van der Waals surface area (Å²) < 4.78 is 0. The number of nitrogens with one attached hydrogen (secondary N) is 1. The van der Waals surface area contributed by atoms with Gasteiger partial charge < -0.3 is 20.4 Å². The van der Waals surface area contributed by atoms with E-state index in [1.54, 1.807) is 0 Å². The number of rotatable bonds is 20. The molecular formula is C26H52N2O4. The van der Waals surface area contributed by atoms with E-state index in [1.165, 1.54) is 84.0 Å². The molecular weight excluding hydrogens is 404 g/mol. The molecule has 6 nitrogen and oxygen atoms in total. The molecule has 0 saturated heterocycles. The molecule has 6 heteroatoms. The molecule has 0 aliphatic carbocycles. The molecule has 0 spiro atoms. The third-order valence-electron chi connectivity index (χ3n) is 5.13. The van der Waals surface area contributed by atoms with Crippen molar-refractivity contribution in [2.45, 2.75) is 116 Å². The first-order valence-electron chi connectivity index (χ1n) is 12.8. The van der Waals surface area contributed by atoms with Crippen molar-refractivity contribution in [3.05, 3.63) is 12.2 Å². The lowest BCUT2D eigenvalue weighted by atomic mass is 10.1. The van der Waals surface area contributed by atoms with Gasteiger partial charge in [0.1, 0.15) is 6.10 Å². The highest BCUT2D eigenvalue weighted by molar-refractivity contribution is 5.75. The monoisotopic (exact) mass is 456 g/mol. The summed E-state index contributed by atoms with van der Waals surface area (Å²) in [4.78, 5) is 23.3. The van der Waals surface area contributed by atoms with Gasteiger partial charge in [-0.3, -0.25) is 4.79 Å². The van der Waals surface area contributed by atoms with Crippen LogP contribution >= 0.6 is 0 Å². The zero-order chi connectivity index (χ0) is 24.5. The van der Waals surface area contributed by atoms with Crippen LogP contribution in [0.1, 0.15) is 110 Å². The Morgan fingerprint density at radius 3 is 1.78 bits per heavy atom. The van der Waals surface area contributed by atoms with Crippen molar-refractivity contribution < 1.29 is 19.8 Å². The SMILES string of the molecule is CC(O)C(=O)O.CCCCCCCC/C=C\CCCCCCCC(=O)NCCCN(C)C. The van der Waals surface area contributed by atoms with Gasteiger partial charge in [-0.15, -0.1) is 0 Å². The van der Waals surface area contributed by atoms with Crippen LogP contribution in [0.2, 0.25) is 0 Å². The number of carboxylic acid groups (broad SMARTS) is 1. The molecule has 0 bridgehead atoms. The molecule has 190 valence electrons. The highest BCUT2D eigenvalue weighted by atomic mass is 16.4.